The van der Waals surface area contributed by atoms with Crippen molar-refractivity contribution in [2.75, 3.05) is 13.1 Å². The fourth-order valence-corrected chi connectivity index (χ4v) is 0.807. The molecule has 0 spiro atoms. The van der Waals surface area contributed by atoms with E-state index >= 15 is 0 Å². The summed E-state index contributed by atoms with van der Waals surface area (Å²) in [7, 11) is 0. The van der Waals surface area contributed by atoms with Gasteiger partial charge >= 0.3 is 11.9 Å². The van der Waals surface area contributed by atoms with Crippen LogP contribution < -0.4 is 11.1 Å². The molecule has 6 nitrogen and oxygen atoms in total. The van der Waals surface area contributed by atoms with Crippen LogP contribution in [0.25, 0.3) is 0 Å². The van der Waals surface area contributed by atoms with Crippen molar-refractivity contribution < 1.29 is 19.8 Å². The topological polar surface area (TPSA) is 113 Å². The van der Waals surface area contributed by atoms with Crippen molar-refractivity contribution in [1.29, 1.82) is 0 Å². The molecule has 0 heterocycles. The summed E-state index contributed by atoms with van der Waals surface area (Å²) < 4.78 is 0. The van der Waals surface area contributed by atoms with Crippen molar-refractivity contribution in [1.82, 2.24) is 5.32 Å². The maximum atomic E-state index is 9.96. The molecule has 0 aliphatic heterocycles. The van der Waals surface area contributed by atoms with Gasteiger partial charge in [0.05, 0.1) is 6.54 Å². The van der Waals surface area contributed by atoms with E-state index in [4.69, 9.17) is 15.9 Å². The number of aliphatic carboxylic acids is 2. The van der Waals surface area contributed by atoms with Gasteiger partial charge in [-0.25, -0.2) is 0 Å². The summed E-state index contributed by atoms with van der Waals surface area (Å²) in [6, 6.07) is -0.667. The Kier molecular flexibility index (Phi) is 12.9. The second-order valence-electron chi connectivity index (χ2n) is 3.30. The van der Waals surface area contributed by atoms with E-state index in [-0.39, 0.29) is 6.54 Å². The zero-order valence-electron chi connectivity index (χ0n) is 9.90. The van der Waals surface area contributed by atoms with Crippen LogP contribution >= 0.6 is 0 Å². The maximum Gasteiger partial charge on any atom is 0.320 e. The molecule has 0 radical (unpaired) electrons. The van der Waals surface area contributed by atoms with Crippen molar-refractivity contribution in [3.8, 4) is 0 Å². The van der Waals surface area contributed by atoms with Gasteiger partial charge < -0.3 is 21.3 Å². The summed E-state index contributed by atoms with van der Waals surface area (Å²) in [5, 5.41) is 19.0. The average molecular weight is 234 g/mol. The van der Waals surface area contributed by atoms with Crippen LogP contribution in [-0.2, 0) is 9.59 Å². The molecule has 0 aliphatic rings. The summed E-state index contributed by atoms with van der Waals surface area (Å²) in [5.74, 6) is -1.70. The molecule has 0 rings (SSSR count). The normalized spacial score (nSPS) is 11.2. The number of rotatable bonds is 7. The Bertz CT molecular complexity index is 197. The van der Waals surface area contributed by atoms with Gasteiger partial charge in [-0.2, -0.15) is 0 Å². The molecule has 0 saturated carbocycles. The number of hydrogen-bond acceptors (Lipinski definition) is 4. The van der Waals surface area contributed by atoms with E-state index < -0.39 is 18.0 Å². The Morgan fingerprint density at radius 1 is 1.25 bits per heavy atom. The SMILES string of the molecule is CCCC(N)C(=O)O.CCCNCC(=O)O. The van der Waals surface area contributed by atoms with Crippen molar-refractivity contribution in [3.63, 3.8) is 0 Å². The zero-order chi connectivity index (χ0) is 13.0. The van der Waals surface area contributed by atoms with Gasteiger partial charge in [-0.15, -0.1) is 0 Å². The van der Waals surface area contributed by atoms with Crippen LogP contribution in [0.3, 0.4) is 0 Å². The summed E-state index contributed by atoms with van der Waals surface area (Å²) >= 11 is 0. The van der Waals surface area contributed by atoms with E-state index in [9.17, 15) is 9.59 Å². The van der Waals surface area contributed by atoms with Crippen LogP contribution in [0, 0.1) is 0 Å². The van der Waals surface area contributed by atoms with E-state index in [0.717, 1.165) is 19.4 Å². The Labute approximate surface area is 95.8 Å². The lowest BCUT2D eigenvalue weighted by Crippen LogP contribution is -2.29. The third kappa shape index (κ3) is 15.3. The summed E-state index contributed by atoms with van der Waals surface area (Å²) in [6.07, 6.45) is 2.37. The number of carbonyl (C=O) groups is 2. The largest absolute Gasteiger partial charge is 0.480 e. The van der Waals surface area contributed by atoms with Gasteiger partial charge in [-0.3, -0.25) is 9.59 Å². The monoisotopic (exact) mass is 234 g/mol. The van der Waals surface area contributed by atoms with Crippen molar-refractivity contribution in [2.24, 2.45) is 5.73 Å². The minimum absolute atomic E-state index is 0.0772. The summed E-state index contributed by atoms with van der Waals surface area (Å²) in [5.41, 5.74) is 5.13. The third-order valence-electron chi connectivity index (χ3n) is 1.62. The van der Waals surface area contributed by atoms with Crippen LogP contribution in [0.2, 0.25) is 0 Å². The van der Waals surface area contributed by atoms with Gasteiger partial charge in [0.25, 0.3) is 0 Å². The van der Waals surface area contributed by atoms with Crippen LogP contribution in [0.1, 0.15) is 33.1 Å². The molecule has 5 N–H and O–H groups in total. The average Bonchev–Trinajstić information content (AvgIpc) is 2.19. The maximum absolute atomic E-state index is 9.96. The molecule has 0 fully saturated rings. The predicted molar refractivity (Wildman–Crippen MR) is 61.3 cm³/mol. The fraction of sp³-hybridized carbons (Fsp3) is 0.800. The number of hydrogen-bond donors (Lipinski definition) is 4. The first kappa shape index (κ1) is 17.3. The number of carboxylic acid groups (broad SMARTS) is 2. The Hall–Kier alpha value is -1.14. The summed E-state index contributed by atoms with van der Waals surface area (Å²) in [4.78, 5) is 19.8. The second-order valence-corrected chi connectivity index (χ2v) is 3.30. The Balaban J connectivity index is 0. The van der Waals surface area contributed by atoms with E-state index in [2.05, 4.69) is 5.32 Å². The highest BCUT2D eigenvalue weighted by molar-refractivity contribution is 5.72. The molecule has 0 aromatic carbocycles. The molecule has 0 aliphatic carbocycles. The number of carboxylic acids is 2. The van der Waals surface area contributed by atoms with Crippen LogP contribution in [-0.4, -0.2) is 41.3 Å². The van der Waals surface area contributed by atoms with Gasteiger partial charge in [0.1, 0.15) is 6.04 Å². The van der Waals surface area contributed by atoms with Crippen LogP contribution in [0.5, 0.6) is 0 Å². The van der Waals surface area contributed by atoms with E-state index in [1.54, 1.807) is 0 Å². The van der Waals surface area contributed by atoms with E-state index in [1.165, 1.54) is 0 Å². The molecular formula is C10H22N2O4. The highest BCUT2D eigenvalue weighted by Gasteiger charge is 2.07. The molecule has 0 aromatic rings. The van der Waals surface area contributed by atoms with Crippen molar-refractivity contribution in [2.45, 2.75) is 39.2 Å². The lowest BCUT2D eigenvalue weighted by molar-refractivity contribution is -0.139. The molecule has 0 saturated heterocycles. The molecule has 0 bridgehead atoms. The van der Waals surface area contributed by atoms with Gasteiger partial charge in [0, 0.05) is 0 Å². The number of nitrogens with two attached hydrogens (primary N) is 1. The highest BCUT2D eigenvalue weighted by Crippen LogP contribution is 1.91. The fourth-order valence-electron chi connectivity index (χ4n) is 0.807. The zero-order valence-corrected chi connectivity index (χ0v) is 9.90. The van der Waals surface area contributed by atoms with Crippen molar-refractivity contribution in [3.05, 3.63) is 0 Å². The van der Waals surface area contributed by atoms with E-state index in [1.807, 2.05) is 13.8 Å². The van der Waals surface area contributed by atoms with Gasteiger partial charge in [0.15, 0.2) is 0 Å². The van der Waals surface area contributed by atoms with Crippen molar-refractivity contribution >= 4 is 11.9 Å². The van der Waals surface area contributed by atoms with Crippen LogP contribution in [0.4, 0.5) is 0 Å². The first-order chi connectivity index (χ1) is 7.45. The van der Waals surface area contributed by atoms with Crippen LogP contribution in [0.15, 0.2) is 0 Å². The van der Waals surface area contributed by atoms with Gasteiger partial charge in [-0.05, 0) is 19.4 Å². The minimum atomic E-state index is -0.910. The molecule has 0 amide bonds. The number of nitrogens with one attached hydrogen (secondary N) is 1. The molecule has 6 heteroatoms. The minimum Gasteiger partial charge on any atom is -0.480 e. The lowest BCUT2D eigenvalue weighted by atomic mass is 10.2. The second kappa shape index (κ2) is 11.9. The quantitative estimate of drug-likeness (QED) is 0.470. The van der Waals surface area contributed by atoms with Gasteiger partial charge in [0.2, 0.25) is 0 Å². The summed E-state index contributed by atoms with van der Waals surface area (Å²) in [6.45, 7) is 4.76. The highest BCUT2D eigenvalue weighted by atomic mass is 16.4. The molecule has 96 valence electrons. The first-order valence-electron chi connectivity index (χ1n) is 5.36. The molecule has 1 unspecified atom stereocenters. The first-order valence-corrected chi connectivity index (χ1v) is 5.36. The standard InChI is InChI=1S/2C5H11NO2/c1-2-3-6-4-5(7)8;1-2-3-4(6)5(7)8/h6H,2-4H2,1H3,(H,7,8);4H,2-3,6H2,1H3,(H,7,8). The third-order valence-corrected chi connectivity index (χ3v) is 1.62. The molecule has 16 heavy (non-hydrogen) atoms. The molecule has 0 aromatic heterocycles. The smallest absolute Gasteiger partial charge is 0.320 e. The van der Waals surface area contributed by atoms with E-state index in [0.29, 0.717) is 6.42 Å². The van der Waals surface area contributed by atoms with Gasteiger partial charge in [-0.1, -0.05) is 20.3 Å². The molecule has 1 atom stereocenters. The molecular weight excluding hydrogens is 212 g/mol. The Morgan fingerprint density at radius 3 is 2.06 bits per heavy atom. The Morgan fingerprint density at radius 2 is 1.81 bits per heavy atom. The lowest BCUT2D eigenvalue weighted by Gasteiger charge is -2.00. The predicted octanol–water partition coefficient (Wildman–Crippen LogP) is 0.269.